The van der Waals surface area contributed by atoms with E-state index in [0.717, 1.165) is 32.7 Å². The minimum atomic E-state index is 0.0896. The fourth-order valence-electron chi connectivity index (χ4n) is 1.41. The van der Waals surface area contributed by atoms with Crippen molar-refractivity contribution in [2.24, 2.45) is 5.92 Å². The molecule has 4 heteroatoms. The molecule has 0 bridgehead atoms. The summed E-state index contributed by atoms with van der Waals surface area (Å²) in [4.78, 5) is 15.7. The van der Waals surface area contributed by atoms with E-state index in [0.29, 0.717) is 5.92 Å². The lowest BCUT2D eigenvalue weighted by atomic mass is 10.2. The topological polar surface area (TPSA) is 35.6 Å². The van der Waals surface area contributed by atoms with Gasteiger partial charge in [-0.25, -0.2) is 4.79 Å². The Balaban J connectivity index is 2.24. The van der Waals surface area contributed by atoms with Gasteiger partial charge in [0.25, 0.3) is 0 Å². The third kappa shape index (κ3) is 3.54. The Morgan fingerprint density at radius 2 is 1.86 bits per heavy atom. The zero-order valence-corrected chi connectivity index (χ0v) is 9.42. The van der Waals surface area contributed by atoms with E-state index < -0.39 is 0 Å². The van der Waals surface area contributed by atoms with E-state index in [9.17, 15) is 4.79 Å². The van der Waals surface area contributed by atoms with Gasteiger partial charge in [-0.1, -0.05) is 13.8 Å². The summed E-state index contributed by atoms with van der Waals surface area (Å²) in [5, 5.41) is 2.94. The number of amides is 2. The molecule has 1 fully saturated rings. The molecule has 0 atom stereocenters. The van der Waals surface area contributed by atoms with Crippen molar-refractivity contribution in [3.8, 4) is 0 Å². The van der Waals surface area contributed by atoms with Gasteiger partial charge >= 0.3 is 6.03 Å². The van der Waals surface area contributed by atoms with Crippen molar-refractivity contribution >= 4 is 6.03 Å². The first-order chi connectivity index (χ1) is 6.59. The highest BCUT2D eigenvalue weighted by Gasteiger charge is 2.18. The van der Waals surface area contributed by atoms with Crippen molar-refractivity contribution < 1.29 is 4.79 Å². The van der Waals surface area contributed by atoms with Crippen LogP contribution < -0.4 is 5.32 Å². The van der Waals surface area contributed by atoms with Gasteiger partial charge in [-0.3, -0.25) is 0 Å². The molecule has 14 heavy (non-hydrogen) atoms. The zero-order valence-electron chi connectivity index (χ0n) is 9.42. The monoisotopic (exact) mass is 199 g/mol. The molecular weight excluding hydrogens is 178 g/mol. The minimum absolute atomic E-state index is 0.0896. The van der Waals surface area contributed by atoms with Crippen molar-refractivity contribution in [1.82, 2.24) is 15.1 Å². The Morgan fingerprint density at radius 1 is 1.29 bits per heavy atom. The van der Waals surface area contributed by atoms with Crippen LogP contribution in [0.3, 0.4) is 0 Å². The van der Waals surface area contributed by atoms with E-state index in [1.165, 1.54) is 0 Å². The molecule has 1 aliphatic rings. The van der Waals surface area contributed by atoms with Crippen LogP contribution in [0, 0.1) is 5.92 Å². The van der Waals surface area contributed by atoms with Crippen molar-refractivity contribution in [2.75, 3.05) is 39.8 Å². The Hall–Kier alpha value is -0.770. The van der Waals surface area contributed by atoms with Gasteiger partial charge in [0.15, 0.2) is 0 Å². The maximum absolute atomic E-state index is 11.6. The lowest BCUT2D eigenvalue weighted by Gasteiger charge is -2.32. The summed E-state index contributed by atoms with van der Waals surface area (Å²) in [7, 11) is 2.09. The standard InChI is InChI=1S/C10H21N3O/c1-9(2)8-11-10(14)13-6-4-12(3)5-7-13/h9H,4-8H2,1-3H3,(H,11,14). The third-order valence-electron chi connectivity index (χ3n) is 2.45. The van der Waals surface area contributed by atoms with Crippen LogP contribution in [0.15, 0.2) is 0 Å². The number of carbonyl (C=O) groups is 1. The first-order valence-electron chi connectivity index (χ1n) is 5.31. The summed E-state index contributed by atoms with van der Waals surface area (Å²) in [5.41, 5.74) is 0. The molecule has 0 aromatic heterocycles. The van der Waals surface area contributed by atoms with E-state index in [-0.39, 0.29) is 6.03 Å². The molecule has 1 N–H and O–H groups in total. The first-order valence-corrected chi connectivity index (χ1v) is 5.31. The minimum Gasteiger partial charge on any atom is -0.338 e. The fourth-order valence-corrected chi connectivity index (χ4v) is 1.41. The number of carbonyl (C=O) groups excluding carboxylic acids is 1. The Morgan fingerprint density at radius 3 is 2.36 bits per heavy atom. The number of nitrogens with zero attached hydrogens (tertiary/aromatic N) is 2. The van der Waals surface area contributed by atoms with E-state index in [1.807, 2.05) is 4.90 Å². The van der Waals surface area contributed by atoms with Gasteiger partial charge in [0, 0.05) is 32.7 Å². The molecule has 0 aromatic rings. The van der Waals surface area contributed by atoms with Gasteiger partial charge in [-0.15, -0.1) is 0 Å². The number of nitrogens with one attached hydrogen (secondary N) is 1. The molecule has 4 nitrogen and oxygen atoms in total. The lowest BCUT2D eigenvalue weighted by Crippen LogP contribution is -2.51. The second-order valence-electron chi connectivity index (χ2n) is 4.37. The van der Waals surface area contributed by atoms with E-state index in [1.54, 1.807) is 0 Å². The molecule has 0 aromatic carbocycles. The number of hydrogen-bond acceptors (Lipinski definition) is 2. The third-order valence-corrected chi connectivity index (χ3v) is 2.45. The maximum Gasteiger partial charge on any atom is 0.317 e. The van der Waals surface area contributed by atoms with Crippen molar-refractivity contribution in [3.05, 3.63) is 0 Å². The van der Waals surface area contributed by atoms with Crippen LogP contribution >= 0.6 is 0 Å². The largest absolute Gasteiger partial charge is 0.338 e. The zero-order chi connectivity index (χ0) is 10.6. The van der Waals surface area contributed by atoms with Crippen LogP contribution in [-0.4, -0.2) is 55.6 Å². The smallest absolute Gasteiger partial charge is 0.317 e. The molecule has 0 saturated carbocycles. The fraction of sp³-hybridized carbons (Fsp3) is 0.900. The molecule has 0 unspecified atom stereocenters. The second-order valence-corrected chi connectivity index (χ2v) is 4.37. The van der Waals surface area contributed by atoms with E-state index in [2.05, 4.69) is 31.1 Å². The molecule has 1 heterocycles. The summed E-state index contributed by atoms with van der Waals surface area (Å²) in [5.74, 6) is 0.520. The molecule has 1 rings (SSSR count). The molecule has 0 aliphatic carbocycles. The van der Waals surface area contributed by atoms with Gasteiger partial charge in [0.1, 0.15) is 0 Å². The van der Waals surface area contributed by atoms with Gasteiger partial charge in [-0.2, -0.15) is 0 Å². The number of rotatable bonds is 2. The van der Waals surface area contributed by atoms with Gasteiger partial charge in [0.05, 0.1) is 0 Å². The highest BCUT2D eigenvalue weighted by Crippen LogP contribution is 1.99. The molecule has 2 amide bonds. The van der Waals surface area contributed by atoms with Gasteiger partial charge in [0.2, 0.25) is 0 Å². The van der Waals surface area contributed by atoms with E-state index >= 15 is 0 Å². The van der Waals surface area contributed by atoms with Crippen molar-refractivity contribution in [2.45, 2.75) is 13.8 Å². The van der Waals surface area contributed by atoms with Gasteiger partial charge in [-0.05, 0) is 13.0 Å². The van der Waals surface area contributed by atoms with Crippen LogP contribution in [-0.2, 0) is 0 Å². The molecule has 1 aliphatic heterocycles. The number of likely N-dealkylation sites (N-methyl/N-ethyl adjacent to an activating group) is 1. The Labute approximate surface area is 86.2 Å². The summed E-state index contributed by atoms with van der Waals surface area (Å²) < 4.78 is 0. The second kappa shape index (κ2) is 5.20. The van der Waals surface area contributed by atoms with Crippen LogP contribution in [0.4, 0.5) is 4.79 Å². The van der Waals surface area contributed by atoms with Crippen LogP contribution in [0.25, 0.3) is 0 Å². The van der Waals surface area contributed by atoms with Crippen LogP contribution in [0.5, 0.6) is 0 Å². The van der Waals surface area contributed by atoms with E-state index in [4.69, 9.17) is 0 Å². The maximum atomic E-state index is 11.6. The summed E-state index contributed by atoms with van der Waals surface area (Å²) >= 11 is 0. The lowest BCUT2D eigenvalue weighted by molar-refractivity contribution is 0.153. The first kappa shape index (κ1) is 11.3. The normalized spacial score (nSPS) is 18.7. The quantitative estimate of drug-likeness (QED) is 0.707. The highest BCUT2D eigenvalue weighted by molar-refractivity contribution is 5.74. The predicted molar refractivity (Wildman–Crippen MR) is 57.3 cm³/mol. The highest BCUT2D eigenvalue weighted by atomic mass is 16.2. The summed E-state index contributed by atoms with van der Waals surface area (Å²) in [6.07, 6.45) is 0. The summed E-state index contributed by atoms with van der Waals surface area (Å²) in [6.45, 7) is 8.63. The number of hydrogen-bond donors (Lipinski definition) is 1. The Bertz CT molecular complexity index is 186. The van der Waals surface area contributed by atoms with Crippen LogP contribution in [0.2, 0.25) is 0 Å². The van der Waals surface area contributed by atoms with Gasteiger partial charge < -0.3 is 15.1 Å². The SMILES string of the molecule is CC(C)CNC(=O)N1CCN(C)CC1. The molecule has 0 radical (unpaired) electrons. The molecule has 82 valence electrons. The average molecular weight is 199 g/mol. The molecule has 1 saturated heterocycles. The number of piperazine rings is 1. The van der Waals surface area contributed by atoms with Crippen LogP contribution in [0.1, 0.15) is 13.8 Å². The average Bonchev–Trinajstić information content (AvgIpc) is 2.15. The van der Waals surface area contributed by atoms with Crippen molar-refractivity contribution in [3.63, 3.8) is 0 Å². The molecule has 0 spiro atoms. The Kier molecular flexibility index (Phi) is 4.20. The predicted octanol–water partition coefficient (Wildman–Crippen LogP) is 0.599. The number of urea groups is 1. The molecular formula is C10H21N3O. The summed E-state index contributed by atoms with van der Waals surface area (Å²) in [6, 6.07) is 0.0896. The van der Waals surface area contributed by atoms with Crippen molar-refractivity contribution in [1.29, 1.82) is 0 Å².